The summed E-state index contributed by atoms with van der Waals surface area (Å²) in [6.07, 6.45) is 8.47. The second-order valence-corrected chi connectivity index (χ2v) is 6.73. The van der Waals surface area contributed by atoms with E-state index in [1.165, 1.54) is 38.5 Å². The van der Waals surface area contributed by atoms with E-state index < -0.39 is 0 Å². The summed E-state index contributed by atoms with van der Waals surface area (Å²) in [5.41, 5.74) is 0.385. The Kier molecular flexibility index (Phi) is 5.30. The van der Waals surface area contributed by atoms with E-state index in [4.69, 9.17) is 0 Å². The van der Waals surface area contributed by atoms with Crippen molar-refractivity contribution in [2.75, 3.05) is 0 Å². The SMILES string of the molecule is CCC1CCCC(NC(C)C(C)(C)C)CC1. The van der Waals surface area contributed by atoms with Gasteiger partial charge >= 0.3 is 0 Å². The molecule has 96 valence electrons. The van der Waals surface area contributed by atoms with Crippen LogP contribution >= 0.6 is 0 Å². The summed E-state index contributed by atoms with van der Waals surface area (Å²) < 4.78 is 0. The highest BCUT2D eigenvalue weighted by molar-refractivity contribution is 4.82. The summed E-state index contributed by atoms with van der Waals surface area (Å²) in [6, 6.07) is 1.39. The molecular formula is C15H31N. The van der Waals surface area contributed by atoms with E-state index in [1.807, 2.05) is 0 Å². The van der Waals surface area contributed by atoms with Gasteiger partial charge in [-0.15, -0.1) is 0 Å². The van der Waals surface area contributed by atoms with Crippen LogP contribution in [-0.4, -0.2) is 12.1 Å². The van der Waals surface area contributed by atoms with Crippen molar-refractivity contribution < 1.29 is 0 Å². The van der Waals surface area contributed by atoms with Crippen LogP contribution in [-0.2, 0) is 0 Å². The summed E-state index contributed by atoms with van der Waals surface area (Å²) in [5.74, 6) is 0.997. The Labute approximate surface area is 102 Å². The monoisotopic (exact) mass is 225 g/mol. The minimum atomic E-state index is 0.385. The van der Waals surface area contributed by atoms with E-state index in [-0.39, 0.29) is 0 Å². The molecule has 1 rings (SSSR count). The van der Waals surface area contributed by atoms with Gasteiger partial charge in [0.05, 0.1) is 0 Å². The van der Waals surface area contributed by atoms with Crippen LogP contribution in [0.2, 0.25) is 0 Å². The Bertz CT molecular complexity index is 192. The predicted octanol–water partition coefficient (Wildman–Crippen LogP) is 4.37. The lowest BCUT2D eigenvalue weighted by molar-refractivity contribution is 0.252. The molecule has 1 heteroatoms. The molecule has 3 atom stereocenters. The summed E-state index contributed by atoms with van der Waals surface area (Å²) in [7, 11) is 0. The Morgan fingerprint density at radius 2 is 1.81 bits per heavy atom. The van der Waals surface area contributed by atoms with Crippen LogP contribution in [0.1, 0.15) is 73.1 Å². The fourth-order valence-corrected chi connectivity index (χ4v) is 2.56. The van der Waals surface area contributed by atoms with E-state index in [0.717, 1.165) is 12.0 Å². The Morgan fingerprint density at radius 1 is 1.12 bits per heavy atom. The van der Waals surface area contributed by atoms with Gasteiger partial charge in [-0.2, -0.15) is 0 Å². The van der Waals surface area contributed by atoms with Gasteiger partial charge in [0.2, 0.25) is 0 Å². The largest absolute Gasteiger partial charge is 0.311 e. The third-order valence-corrected chi connectivity index (χ3v) is 4.45. The topological polar surface area (TPSA) is 12.0 Å². The van der Waals surface area contributed by atoms with E-state index in [2.05, 4.69) is 39.9 Å². The molecule has 0 aromatic rings. The molecule has 1 N–H and O–H groups in total. The van der Waals surface area contributed by atoms with Crippen LogP contribution in [0.15, 0.2) is 0 Å². The second-order valence-electron chi connectivity index (χ2n) is 6.73. The first-order valence-electron chi connectivity index (χ1n) is 7.19. The van der Waals surface area contributed by atoms with Gasteiger partial charge in [0.15, 0.2) is 0 Å². The van der Waals surface area contributed by atoms with Gasteiger partial charge in [-0.1, -0.05) is 47.0 Å². The molecule has 3 unspecified atom stereocenters. The molecule has 16 heavy (non-hydrogen) atoms. The Morgan fingerprint density at radius 3 is 2.38 bits per heavy atom. The van der Waals surface area contributed by atoms with Crippen LogP contribution < -0.4 is 5.32 Å². The maximum atomic E-state index is 3.84. The number of hydrogen-bond donors (Lipinski definition) is 1. The van der Waals surface area contributed by atoms with Crippen molar-refractivity contribution >= 4 is 0 Å². The molecule has 0 saturated heterocycles. The van der Waals surface area contributed by atoms with Gasteiger partial charge in [0.1, 0.15) is 0 Å². The lowest BCUT2D eigenvalue weighted by Gasteiger charge is -2.32. The van der Waals surface area contributed by atoms with Crippen molar-refractivity contribution in [2.24, 2.45) is 11.3 Å². The maximum absolute atomic E-state index is 3.84. The van der Waals surface area contributed by atoms with Crippen LogP contribution in [0.25, 0.3) is 0 Å². The van der Waals surface area contributed by atoms with Crippen LogP contribution in [0.3, 0.4) is 0 Å². The summed E-state index contributed by atoms with van der Waals surface area (Å²) in [4.78, 5) is 0. The quantitative estimate of drug-likeness (QED) is 0.703. The van der Waals surface area contributed by atoms with E-state index >= 15 is 0 Å². The number of hydrogen-bond acceptors (Lipinski definition) is 1. The Hall–Kier alpha value is -0.0400. The van der Waals surface area contributed by atoms with Crippen LogP contribution in [0, 0.1) is 11.3 Å². The molecule has 0 aromatic carbocycles. The molecule has 1 fully saturated rings. The smallest absolute Gasteiger partial charge is 0.00898 e. The standard InChI is InChI=1S/C15H31N/c1-6-13-8-7-9-14(11-10-13)16-12(2)15(3,4)5/h12-14,16H,6-11H2,1-5H3. The van der Waals surface area contributed by atoms with Crippen LogP contribution in [0.4, 0.5) is 0 Å². The molecule has 1 aliphatic rings. The minimum absolute atomic E-state index is 0.385. The maximum Gasteiger partial charge on any atom is 0.00898 e. The predicted molar refractivity (Wildman–Crippen MR) is 72.7 cm³/mol. The highest BCUT2D eigenvalue weighted by Crippen LogP contribution is 2.27. The van der Waals surface area contributed by atoms with Gasteiger partial charge in [-0.3, -0.25) is 0 Å². The zero-order valence-electron chi connectivity index (χ0n) is 12.0. The average Bonchev–Trinajstić information content (AvgIpc) is 2.41. The van der Waals surface area contributed by atoms with Gasteiger partial charge in [-0.25, -0.2) is 0 Å². The lowest BCUT2D eigenvalue weighted by Crippen LogP contribution is -2.43. The summed E-state index contributed by atoms with van der Waals surface area (Å²) >= 11 is 0. The normalized spacial score (nSPS) is 29.8. The summed E-state index contributed by atoms with van der Waals surface area (Å²) in [5, 5.41) is 3.84. The molecule has 0 radical (unpaired) electrons. The van der Waals surface area contributed by atoms with Crippen molar-refractivity contribution in [1.82, 2.24) is 5.32 Å². The van der Waals surface area contributed by atoms with Gasteiger partial charge < -0.3 is 5.32 Å². The van der Waals surface area contributed by atoms with Crippen molar-refractivity contribution in [3.8, 4) is 0 Å². The zero-order chi connectivity index (χ0) is 12.2. The molecule has 1 saturated carbocycles. The average molecular weight is 225 g/mol. The first kappa shape index (κ1) is 14.0. The Balaban J connectivity index is 2.38. The number of nitrogens with one attached hydrogen (secondary N) is 1. The zero-order valence-corrected chi connectivity index (χ0v) is 12.0. The summed E-state index contributed by atoms with van der Waals surface area (Å²) in [6.45, 7) is 11.7. The fourth-order valence-electron chi connectivity index (χ4n) is 2.56. The molecule has 0 heterocycles. The fraction of sp³-hybridized carbons (Fsp3) is 1.00. The van der Waals surface area contributed by atoms with E-state index in [9.17, 15) is 0 Å². The van der Waals surface area contributed by atoms with Crippen LogP contribution in [0.5, 0.6) is 0 Å². The lowest BCUT2D eigenvalue weighted by atomic mass is 9.87. The van der Waals surface area contributed by atoms with Gasteiger partial charge in [-0.05, 0) is 37.5 Å². The van der Waals surface area contributed by atoms with Crippen molar-refractivity contribution in [3.05, 3.63) is 0 Å². The highest BCUT2D eigenvalue weighted by atomic mass is 15.0. The first-order valence-corrected chi connectivity index (χ1v) is 7.19. The molecule has 1 nitrogen and oxygen atoms in total. The third kappa shape index (κ3) is 4.45. The third-order valence-electron chi connectivity index (χ3n) is 4.45. The van der Waals surface area contributed by atoms with Crippen molar-refractivity contribution in [2.45, 2.75) is 85.2 Å². The van der Waals surface area contributed by atoms with E-state index in [1.54, 1.807) is 0 Å². The van der Waals surface area contributed by atoms with Gasteiger partial charge in [0.25, 0.3) is 0 Å². The molecule has 0 aromatic heterocycles. The molecule has 0 bridgehead atoms. The minimum Gasteiger partial charge on any atom is -0.311 e. The molecular weight excluding hydrogens is 194 g/mol. The highest BCUT2D eigenvalue weighted by Gasteiger charge is 2.24. The van der Waals surface area contributed by atoms with Gasteiger partial charge in [0, 0.05) is 12.1 Å². The first-order chi connectivity index (χ1) is 7.43. The van der Waals surface area contributed by atoms with E-state index in [0.29, 0.717) is 11.5 Å². The molecule has 0 amide bonds. The molecule has 0 spiro atoms. The van der Waals surface area contributed by atoms with Crippen molar-refractivity contribution in [1.29, 1.82) is 0 Å². The molecule has 1 aliphatic carbocycles. The van der Waals surface area contributed by atoms with Crippen molar-refractivity contribution in [3.63, 3.8) is 0 Å². The molecule has 0 aliphatic heterocycles. The number of rotatable bonds is 3. The second kappa shape index (κ2) is 6.05.